The topological polar surface area (TPSA) is 66.4 Å². The maximum Gasteiger partial charge on any atom is 0.275 e. The van der Waals surface area contributed by atoms with Crippen molar-refractivity contribution in [3.8, 4) is 0 Å². The minimum Gasteiger partial charge on any atom is -0.289 e. The first-order valence-electron chi connectivity index (χ1n) is 5.37. The minimum absolute atomic E-state index is 0.147. The third kappa shape index (κ3) is 2.28. The van der Waals surface area contributed by atoms with Crippen LogP contribution in [-0.4, -0.2) is 16.9 Å². The van der Waals surface area contributed by atoms with Crippen LogP contribution in [0, 0.1) is 0 Å². The molecular formula is C14H11NO3. The highest BCUT2D eigenvalue weighted by Crippen LogP contribution is 2.14. The van der Waals surface area contributed by atoms with E-state index in [1.807, 2.05) is 6.07 Å². The zero-order valence-corrected chi connectivity index (χ0v) is 9.46. The Morgan fingerprint density at radius 1 is 0.833 bits per heavy atom. The van der Waals surface area contributed by atoms with Gasteiger partial charge in [0.2, 0.25) is 0 Å². The molecule has 0 fully saturated rings. The molecule has 0 aromatic heterocycles. The van der Waals surface area contributed by atoms with Crippen LogP contribution in [0.2, 0.25) is 0 Å². The number of rotatable bonds is 3. The number of benzene rings is 2. The Labute approximate surface area is 104 Å². The fraction of sp³-hybridized carbons (Fsp3) is 0. The van der Waals surface area contributed by atoms with Crippen molar-refractivity contribution in [3.63, 3.8) is 0 Å². The summed E-state index contributed by atoms with van der Waals surface area (Å²) in [4.78, 5) is 23.7. The van der Waals surface area contributed by atoms with Crippen LogP contribution in [0.25, 0.3) is 0 Å². The molecule has 0 heterocycles. The molecule has 0 saturated carbocycles. The fourth-order valence-electron chi connectivity index (χ4n) is 1.68. The second-order valence-electron chi connectivity index (χ2n) is 3.68. The van der Waals surface area contributed by atoms with Crippen LogP contribution in [0.15, 0.2) is 54.6 Å². The summed E-state index contributed by atoms with van der Waals surface area (Å²) >= 11 is 0. The van der Waals surface area contributed by atoms with Crippen LogP contribution in [0.1, 0.15) is 26.3 Å². The molecule has 2 aromatic rings. The smallest absolute Gasteiger partial charge is 0.275 e. The van der Waals surface area contributed by atoms with E-state index in [1.165, 1.54) is 11.5 Å². The number of hydrogen-bond acceptors (Lipinski definition) is 3. The maximum absolute atomic E-state index is 12.2. The molecule has 0 bridgehead atoms. The normalized spacial score (nSPS) is 9.83. The predicted molar refractivity (Wildman–Crippen MR) is 65.6 cm³/mol. The summed E-state index contributed by atoms with van der Waals surface area (Å²) in [5.74, 6) is -0.954. The first-order chi connectivity index (χ1) is 8.74. The zero-order chi connectivity index (χ0) is 13.0. The number of nitrogens with one attached hydrogen (secondary N) is 1. The fourth-order valence-corrected chi connectivity index (χ4v) is 1.68. The number of hydroxylamine groups is 1. The van der Waals surface area contributed by atoms with Gasteiger partial charge in [0.05, 0.1) is 5.56 Å². The van der Waals surface area contributed by atoms with E-state index in [9.17, 15) is 9.59 Å². The average molecular weight is 241 g/mol. The van der Waals surface area contributed by atoms with E-state index in [2.05, 4.69) is 0 Å². The molecule has 2 rings (SSSR count). The number of amides is 1. The lowest BCUT2D eigenvalue weighted by Crippen LogP contribution is -2.21. The van der Waals surface area contributed by atoms with Crippen molar-refractivity contribution in [2.75, 3.05) is 0 Å². The molecular weight excluding hydrogens is 230 g/mol. The second kappa shape index (κ2) is 5.25. The molecule has 1 amide bonds. The number of carbonyl (C=O) groups excluding carboxylic acids is 2. The SMILES string of the molecule is O=C(NO)c1ccccc1C(=O)c1ccccc1. The molecule has 0 spiro atoms. The van der Waals surface area contributed by atoms with Gasteiger partial charge in [0, 0.05) is 11.1 Å². The molecule has 0 aliphatic heterocycles. The van der Waals surface area contributed by atoms with Crippen molar-refractivity contribution >= 4 is 11.7 Å². The summed E-state index contributed by atoms with van der Waals surface area (Å²) in [6.45, 7) is 0. The first kappa shape index (κ1) is 12.0. The van der Waals surface area contributed by atoms with Gasteiger partial charge in [0.25, 0.3) is 5.91 Å². The molecule has 0 atom stereocenters. The zero-order valence-electron chi connectivity index (χ0n) is 9.46. The van der Waals surface area contributed by atoms with Gasteiger partial charge in [-0.15, -0.1) is 0 Å². The van der Waals surface area contributed by atoms with Gasteiger partial charge >= 0.3 is 0 Å². The quantitative estimate of drug-likeness (QED) is 0.491. The van der Waals surface area contributed by atoms with Gasteiger partial charge in [0.1, 0.15) is 0 Å². The molecule has 0 aliphatic carbocycles. The van der Waals surface area contributed by atoms with Crippen molar-refractivity contribution in [1.82, 2.24) is 5.48 Å². The lowest BCUT2D eigenvalue weighted by atomic mass is 9.98. The number of carbonyl (C=O) groups is 2. The first-order valence-corrected chi connectivity index (χ1v) is 5.37. The highest BCUT2D eigenvalue weighted by Gasteiger charge is 2.17. The molecule has 18 heavy (non-hydrogen) atoms. The van der Waals surface area contributed by atoms with Crippen molar-refractivity contribution < 1.29 is 14.8 Å². The van der Waals surface area contributed by atoms with Gasteiger partial charge < -0.3 is 0 Å². The summed E-state index contributed by atoms with van der Waals surface area (Å²) in [5.41, 5.74) is 2.44. The Morgan fingerprint density at radius 2 is 1.39 bits per heavy atom. The van der Waals surface area contributed by atoms with E-state index in [4.69, 9.17) is 5.21 Å². The third-order valence-electron chi connectivity index (χ3n) is 2.55. The summed E-state index contributed by atoms with van der Waals surface area (Å²) in [5, 5.41) is 8.65. The lowest BCUT2D eigenvalue weighted by Gasteiger charge is -2.06. The average Bonchev–Trinajstić information content (AvgIpc) is 2.46. The Balaban J connectivity index is 2.46. The van der Waals surface area contributed by atoms with Crippen molar-refractivity contribution in [3.05, 3.63) is 71.3 Å². The van der Waals surface area contributed by atoms with Gasteiger partial charge in [-0.1, -0.05) is 48.5 Å². The Morgan fingerprint density at radius 3 is 2.00 bits per heavy atom. The molecule has 0 saturated heterocycles. The van der Waals surface area contributed by atoms with Crippen LogP contribution >= 0.6 is 0 Å². The van der Waals surface area contributed by atoms with E-state index < -0.39 is 5.91 Å². The molecule has 0 radical (unpaired) electrons. The summed E-state index contributed by atoms with van der Waals surface area (Å²) in [6, 6.07) is 15.0. The highest BCUT2D eigenvalue weighted by atomic mass is 16.5. The predicted octanol–water partition coefficient (Wildman–Crippen LogP) is 2.04. The summed E-state index contributed by atoms with van der Waals surface area (Å²) in [6.07, 6.45) is 0. The monoisotopic (exact) mass is 241 g/mol. The summed E-state index contributed by atoms with van der Waals surface area (Å²) < 4.78 is 0. The van der Waals surface area contributed by atoms with E-state index in [0.717, 1.165) is 0 Å². The molecule has 2 aromatic carbocycles. The van der Waals surface area contributed by atoms with Crippen LogP contribution in [-0.2, 0) is 0 Å². The van der Waals surface area contributed by atoms with Gasteiger partial charge in [0.15, 0.2) is 5.78 Å². The maximum atomic E-state index is 12.2. The van der Waals surface area contributed by atoms with Gasteiger partial charge in [-0.2, -0.15) is 0 Å². The largest absolute Gasteiger partial charge is 0.289 e. The van der Waals surface area contributed by atoms with Crippen LogP contribution in [0.5, 0.6) is 0 Å². The van der Waals surface area contributed by atoms with Crippen molar-refractivity contribution in [2.45, 2.75) is 0 Å². The van der Waals surface area contributed by atoms with Gasteiger partial charge in [-0.05, 0) is 6.07 Å². The second-order valence-corrected chi connectivity index (χ2v) is 3.68. The highest BCUT2D eigenvalue weighted by molar-refractivity contribution is 6.15. The lowest BCUT2D eigenvalue weighted by molar-refractivity contribution is 0.0703. The van der Waals surface area contributed by atoms with E-state index in [1.54, 1.807) is 42.5 Å². The van der Waals surface area contributed by atoms with Crippen molar-refractivity contribution in [2.24, 2.45) is 0 Å². The van der Waals surface area contributed by atoms with E-state index >= 15 is 0 Å². The molecule has 4 nitrogen and oxygen atoms in total. The number of hydrogen-bond donors (Lipinski definition) is 2. The van der Waals surface area contributed by atoms with Crippen molar-refractivity contribution in [1.29, 1.82) is 0 Å². The van der Waals surface area contributed by atoms with E-state index in [-0.39, 0.29) is 16.9 Å². The van der Waals surface area contributed by atoms with Crippen LogP contribution in [0.3, 0.4) is 0 Å². The van der Waals surface area contributed by atoms with E-state index in [0.29, 0.717) is 5.56 Å². The molecule has 90 valence electrons. The standard InChI is InChI=1S/C14H11NO3/c16-13(10-6-2-1-3-7-10)11-8-4-5-9-12(11)14(17)15-18/h1-9,18H,(H,15,17). The Kier molecular flexibility index (Phi) is 3.50. The van der Waals surface area contributed by atoms with Crippen LogP contribution < -0.4 is 5.48 Å². The summed E-state index contributed by atoms with van der Waals surface area (Å²) in [7, 11) is 0. The Hall–Kier alpha value is -2.46. The van der Waals surface area contributed by atoms with Crippen LogP contribution in [0.4, 0.5) is 0 Å². The van der Waals surface area contributed by atoms with Gasteiger partial charge in [-0.3, -0.25) is 14.8 Å². The molecule has 0 unspecified atom stereocenters. The molecule has 4 heteroatoms. The minimum atomic E-state index is -0.699. The number of ketones is 1. The van der Waals surface area contributed by atoms with Gasteiger partial charge in [-0.25, -0.2) is 5.48 Å². The molecule has 2 N–H and O–H groups in total. The third-order valence-corrected chi connectivity index (χ3v) is 2.55. The Bertz CT molecular complexity index is 579. The molecule has 0 aliphatic rings.